The third kappa shape index (κ3) is 8.32. The normalized spacial score (nSPS) is 10.7. The van der Waals surface area contributed by atoms with Gasteiger partial charge in [-0.2, -0.15) is 0 Å². The predicted octanol–water partition coefficient (Wildman–Crippen LogP) is 0.895. The van der Waals surface area contributed by atoms with Crippen LogP contribution in [0.2, 0.25) is 0 Å². The van der Waals surface area contributed by atoms with Crippen LogP contribution in [0.5, 0.6) is 5.75 Å². The summed E-state index contributed by atoms with van der Waals surface area (Å²) in [4.78, 5) is 13.8. The fraction of sp³-hybridized carbons (Fsp3) is 0.562. The summed E-state index contributed by atoms with van der Waals surface area (Å²) in [5, 5.41) is 6.07. The summed E-state index contributed by atoms with van der Waals surface area (Å²) >= 11 is 0. The first-order valence-corrected chi connectivity index (χ1v) is 7.37. The van der Waals surface area contributed by atoms with E-state index in [9.17, 15) is 4.79 Å². The van der Waals surface area contributed by atoms with E-state index in [1.807, 2.05) is 38.4 Å². The number of carbonyl (C=O) groups is 1. The minimum atomic E-state index is 0.0494. The van der Waals surface area contributed by atoms with E-state index in [4.69, 9.17) is 4.74 Å². The highest BCUT2D eigenvalue weighted by atomic mass is 16.5. The molecule has 0 aliphatic heterocycles. The van der Waals surface area contributed by atoms with Gasteiger partial charge in [0.15, 0.2) is 0 Å². The summed E-state index contributed by atoms with van der Waals surface area (Å²) in [5.74, 6) is 0.901. The summed E-state index contributed by atoms with van der Waals surface area (Å²) in [5.41, 5.74) is 1.19. The molecule has 0 fully saturated rings. The molecule has 1 amide bonds. The van der Waals surface area contributed by atoms with Crippen molar-refractivity contribution in [3.63, 3.8) is 0 Å². The number of amides is 1. The van der Waals surface area contributed by atoms with Gasteiger partial charge < -0.3 is 20.3 Å². The Morgan fingerprint density at radius 2 is 1.90 bits per heavy atom. The molecule has 0 unspecified atom stereocenters. The van der Waals surface area contributed by atoms with Gasteiger partial charge in [0.1, 0.15) is 5.75 Å². The van der Waals surface area contributed by atoms with E-state index in [-0.39, 0.29) is 5.91 Å². The highest BCUT2D eigenvalue weighted by molar-refractivity contribution is 5.77. The molecule has 2 N–H and O–H groups in total. The Balaban J connectivity index is 2.07. The third-order valence-electron chi connectivity index (χ3n) is 3.14. The molecule has 5 heteroatoms. The van der Waals surface area contributed by atoms with Gasteiger partial charge in [-0.25, -0.2) is 0 Å². The molecule has 1 rings (SSSR count). The van der Waals surface area contributed by atoms with Gasteiger partial charge in [-0.1, -0.05) is 12.1 Å². The molecule has 0 spiro atoms. The number of ether oxygens (including phenoxy) is 1. The topological polar surface area (TPSA) is 53.6 Å². The molecule has 0 heterocycles. The van der Waals surface area contributed by atoms with Crippen LogP contribution in [0.1, 0.15) is 12.0 Å². The second kappa shape index (κ2) is 10.2. The molecule has 0 aliphatic rings. The molecule has 0 aliphatic carbocycles. The van der Waals surface area contributed by atoms with Crippen LogP contribution in [0.15, 0.2) is 24.3 Å². The fourth-order valence-corrected chi connectivity index (χ4v) is 1.92. The van der Waals surface area contributed by atoms with Gasteiger partial charge in [-0.3, -0.25) is 4.79 Å². The van der Waals surface area contributed by atoms with Gasteiger partial charge in [-0.15, -0.1) is 0 Å². The highest BCUT2D eigenvalue weighted by Crippen LogP contribution is 2.11. The lowest BCUT2D eigenvalue weighted by atomic mass is 10.1. The standard InChI is InChI=1S/C16H27N3O2/c1-19(2)12-4-10-17-13-16(20)18-11-9-14-5-7-15(21-3)8-6-14/h5-8,17H,4,9-13H2,1-3H3,(H,18,20). The largest absolute Gasteiger partial charge is 0.497 e. The third-order valence-corrected chi connectivity index (χ3v) is 3.14. The lowest BCUT2D eigenvalue weighted by molar-refractivity contribution is -0.120. The summed E-state index contributed by atoms with van der Waals surface area (Å²) in [7, 11) is 5.75. The van der Waals surface area contributed by atoms with E-state index in [0.717, 1.165) is 31.7 Å². The molecule has 0 saturated heterocycles. The summed E-state index contributed by atoms with van der Waals surface area (Å²) in [6.45, 7) is 2.94. The first-order valence-electron chi connectivity index (χ1n) is 7.37. The van der Waals surface area contributed by atoms with Crippen LogP contribution in [0.3, 0.4) is 0 Å². The van der Waals surface area contributed by atoms with Crippen molar-refractivity contribution in [2.24, 2.45) is 0 Å². The average molecular weight is 293 g/mol. The van der Waals surface area contributed by atoms with Crippen molar-refractivity contribution in [3.8, 4) is 5.75 Å². The molecule has 0 radical (unpaired) electrons. The first-order chi connectivity index (χ1) is 10.1. The molecule has 5 nitrogen and oxygen atoms in total. The van der Waals surface area contributed by atoms with Crippen molar-refractivity contribution in [2.75, 3.05) is 47.4 Å². The molecular weight excluding hydrogens is 266 g/mol. The van der Waals surface area contributed by atoms with Crippen LogP contribution in [0.25, 0.3) is 0 Å². The molecule has 0 aromatic heterocycles. The Morgan fingerprint density at radius 1 is 1.19 bits per heavy atom. The maximum atomic E-state index is 11.6. The van der Waals surface area contributed by atoms with Crippen molar-refractivity contribution in [1.82, 2.24) is 15.5 Å². The van der Waals surface area contributed by atoms with Crippen LogP contribution in [0, 0.1) is 0 Å². The van der Waals surface area contributed by atoms with Crippen molar-refractivity contribution in [2.45, 2.75) is 12.8 Å². The number of methoxy groups -OCH3 is 1. The second-order valence-electron chi connectivity index (χ2n) is 5.28. The molecule has 1 aromatic carbocycles. The number of hydrogen-bond acceptors (Lipinski definition) is 4. The van der Waals surface area contributed by atoms with E-state index in [2.05, 4.69) is 15.5 Å². The van der Waals surface area contributed by atoms with Gasteiger partial charge >= 0.3 is 0 Å². The Hall–Kier alpha value is -1.59. The summed E-state index contributed by atoms with van der Waals surface area (Å²) in [6, 6.07) is 7.90. The minimum absolute atomic E-state index is 0.0494. The van der Waals surface area contributed by atoms with E-state index >= 15 is 0 Å². The van der Waals surface area contributed by atoms with Crippen LogP contribution in [-0.2, 0) is 11.2 Å². The fourth-order valence-electron chi connectivity index (χ4n) is 1.92. The number of benzene rings is 1. The van der Waals surface area contributed by atoms with E-state index in [1.165, 1.54) is 5.56 Å². The molecule has 21 heavy (non-hydrogen) atoms. The minimum Gasteiger partial charge on any atom is -0.497 e. The molecular formula is C16H27N3O2. The van der Waals surface area contributed by atoms with Crippen LogP contribution in [-0.4, -0.2) is 58.2 Å². The molecule has 0 saturated carbocycles. The number of hydrogen-bond donors (Lipinski definition) is 2. The number of rotatable bonds is 10. The van der Waals surface area contributed by atoms with E-state index in [0.29, 0.717) is 13.1 Å². The van der Waals surface area contributed by atoms with Crippen molar-refractivity contribution in [3.05, 3.63) is 29.8 Å². The van der Waals surface area contributed by atoms with Crippen LogP contribution in [0.4, 0.5) is 0 Å². The maximum Gasteiger partial charge on any atom is 0.233 e. The second-order valence-corrected chi connectivity index (χ2v) is 5.28. The van der Waals surface area contributed by atoms with Gasteiger partial charge in [0, 0.05) is 6.54 Å². The molecule has 1 aromatic rings. The molecule has 118 valence electrons. The molecule has 0 bridgehead atoms. The van der Waals surface area contributed by atoms with Gasteiger partial charge in [0.05, 0.1) is 13.7 Å². The van der Waals surface area contributed by atoms with E-state index in [1.54, 1.807) is 7.11 Å². The Morgan fingerprint density at radius 3 is 2.52 bits per heavy atom. The molecule has 0 atom stereocenters. The smallest absolute Gasteiger partial charge is 0.233 e. The zero-order valence-electron chi connectivity index (χ0n) is 13.3. The highest BCUT2D eigenvalue weighted by Gasteiger charge is 2.00. The maximum absolute atomic E-state index is 11.6. The zero-order valence-corrected chi connectivity index (χ0v) is 13.3. The lowest BCUT2D eigenvalue weighted by Gasteiger charge is -2.10. The Bertz CT molecular complexity index is 404. The van der Waals surface area contributed by atoms with Crippen LogP contribution < -0.4 is 15.4 Å². The summed E-state index contributed by atoms with van der Waals surface area (Å²) < 4.78 is 5.11. The van der Waals surface area contributed by atoms with Crippen molar-refractivity contribution >= 4 is 5.91 Å². The number of carbonyl (C=O) groups excluding carboxylic acids is 1. The monoisotopic (exact) mass is 293 g/mol. The SMILES string of the molecule is COc1ccc(CCNC(=O)CNCCCN(C)C)cc1. The van der Waals surface area contributed by atoms with Gasteiger partial charge in [0.25, 0.3) is 0 Å². The lowest BCUT2D eigenvalue weighted by Crippen LogP contribution is -2.35. The quantitative estimate of drug-likeness (QED) is 0.629. The Kier molecular flexibility index (Phi) is 8.47. The number of nitrogens with one attached hydrogen (secondary N) is 2. The predicted molar refractivity (Wildman–Crippen MR) is 85.7 cm³/mol. The Labute approximate surface area is 127 Å². The first kappa shape index (κ1) is 17.5. The van der Waals surface area contributed by atoms with Gasteiger partial charge in [-0.05, 0) is 57.7 Å². The summed E-state index contributed by atoms with van der Waals surface area (Å²) in [6.07, 6.45) is 1.88. The van der Waals surface area contributed by atoms with Crippen molar-refractivity contribution in [1.29, 1.82) is 0 Å². The van der Waals surface area contributed by atoms with Crippen LogP contribution >= 0.6 is 0 Å². The number of nitrogens with zero attached hydrogens (tertiary/aromatic N) is 1. The zero-order chi connectivity index (χ0) is 15.5. The average Bonchev–Trinajstić information content (AvgIpc) is 2.47. The van der Waals surface area contributed by atoms with Crippen molar-refractivity contribution < 1.29 is 9.53 Å². The van der Waals surface area contributed by atoms with E-state index < -0.39 is 0 Å². The van der Waals surface area contributed by atoms with Gasteiger partial charge in [0.2, 0.25) is 5.91 Å².